The van der Waals surface area contributed by atoms with Crippen LogP contribution in [-0.2, 0) is 14.9 Å². The van der Waals surface area contributed by atoms with Gasteiger partial charge in [0.2, 0.25) is 0 Å². The molecule has 0 aromatic heterocycles. The Labute approximate surface area is 200 Å². The second kappa shape index (κ2) is 11.7. The molecule has 0 amide bonds. The number of rotatable bonds is 10. The van der Waals surface area contributed by atoms with Gasteiger partial charge in [0.1, 0.15) is 23.2 Å². The van der Waals surface area contributed by atoms with Crippen LogP contribution in [0.2, 0.25) is 0 Å². The quantitative estimate of drug-likeness (QED) is 0.228. The molecule has 0 unspecified atom stereocenters. The second-order valence-corrected chi connectivity index (χ2v) is 12.4. The van der Waals surface area contributed by atoms with Crippen LogP contribution in [0.15, 0.2) is 89.8 Å². The molecule has 0 spiro atoms. The summed E-state index contributed by atoms with van der Waals surface area (Å²) in [6.45, 7) is 0. The minimum atomic E-state index is -4.34. The van der Waals surface area contributed by atoms with Crippen molar-refractivity contribution in [3.05, 3.63) is 84.9 Å². The highest BCUT2D eigenvalue weighted by Crippen LogP contribution is 2.56. The molecule has 0 aliphatic heterocycles. The first-order chi connectivity index (χ1) is 14.8. The first-order valence-electron chi connectivity index (χ1n) is 10.1. The van der Waals surface area contributed by atoms with Gasteiger partial charge in [0.25, 0.3) is 10.1 Å². The maximum Gasteiger partial charge on any atom is 0.303 e. The smallest absolute Gasteiger partial charge is 0.303 e. The number of unbranched alkanes of at least 4 members (excludes halogenated alkanes) is 2. The zero-order valence-corrected chi connectivity index (χ0v) is 20.8. The van der Waals surface area contributed by atoms with Crippen molar-refractivity contribution in [3.8, 4) is 0 Å². The molecule has 0 saturated heterocycles. The van der Waals surface area contributed by atoms with Gasteiger partial charge in [0, 0.05) is 12.5 Å². The number of carboxylic acid groups (broad SMARTS) is 1. The summed E-state index contributed by atoms with van der Waals surface area (Å²) < 4.78 is 33.4. The van der Waals surface area contributed by atoms with Gasteiger partial charge < -0.3 is 22.1 Å². The summed E-state index contributed by atoms with van der Waals surface area (Å²) in [4.78, 5) is 10.8. The van der Waals surface area contributed by atoms with E-state index >= 15 is 0 Å². The van der Waals surface area contributed by atoms with Crippen LogP contribution in [0.1, 0.15) is 25.7 Å². The number of hydrogen-bond donors (Lipinski definition) is 2. The molecule has 32 heavy (non-hydrogen) atoms. The molecule has 0 radical (unpaired) electrons. The predicted octanol–water partition coefficient (Wildman–Crippen LogP) is 0.876. The van der Waals surface area contributed by atoms with Crippen molar-refractivity contribution in [1.29, 1.82) is 0 Å². The van der Waals surface area contributed by atoms with Crippen molar-refractivity contribution in [2.75, 3.05) is 6.16 Å². The van der Waals surface area contributed by atoms with Gasteiger partial charge >= 0.3 is 5.97 Å². The van der Waals surface area contributed by atoms with Crippen LogP contribution in [0.4, 0.5) is 0 Å². The Morgan fingerprint density at radius 1 is 0.750 bits per heavy atom. The third-order valence-electron chi connectivity index (χ3n) is 5.33. The number of aliphatic carboxylic acids is 1. The van der Waals surface area contributed by atoms with Crippen LogP contribution in [-0.4, -0.2) is 30.2 Å². The van der Waals surface area contributed by atoms with Crippen LogP contribution in [0.3, 0.4) is 0 Å². The van der Waals surface area contributed by atoms with Gasteiger partial charge in [-0.05, 0) is 55.7 Å². The molecule has 3 rings (SSSR count). The van der Waals surface area contributed by atoms with Crippen molar-refractivity contribution < 1.29 is 39.9 Å². The molecular formula is C24H26BrO5PS. The fourth-order valence-electron chi connectivity index (χ4n) is 3.88. The van der Waals surface area contributed by atoms with E-state index in [1.807, 2.05) is 42.5 Å². The van der Waals surface area contributed by atoms with Gasteiger partial charge in [-0.1, -0.05) is 42.5 Å². The van der Waals surface area contributed by atoms with Crippen LogP contribution < -0.4 is 32.9 Å². The zero-order valence-electron chi connectivity index (χ0n) is 17.5. The lowest BCUT2D eigenvalue weighted by molar-refractivity contribution is -0.137. The van der Waals surface area contributed by atoms with E-state index < -0.39 is 23.3 Å². The minimum Gasteiger partial charge on any atom is -1.00 e. The van der Waals surface area contributed by atoms with E-state index in [1.54, 1.807) is 12.1 Å². The molecule has 0 saturated carbocycles. The van der Waals surface area contributed by atoms with E-state index in [2.05, 4.69) is 24.3 Å². The molecule has 0 atom stereocenters. The average molecular weight is 537 g/mol. The van der Waals surface area contributed by atoms with Crippen LogP contribution in [0, 0.1) is 0 Å². The summed E-state index contributed by atoms with van der Waals surface area (Å²) in [6, 6.07) is 26.7. The third-order valence-corrected chi connectivity index (χ3v) is 10.7. The number of benzene rings is 3. The topological polar surface area (TPSA) is 91.7 Å². The zero-order chi connectivity index (χ0) is 22.3. The summed E-state index contributed by atoms with van der Waals surface area (Å²) in [5.41, 5.74) is 0. The minimum absolute atomic E-state index is 0. The molecule has 2 N–H and O–H groups in total. The highest BCUT2D eigenvalue weighted by atomic mass is 79.9. The van der Waals surface area contributed by atoms with E-state index in [-0.39, 0.29) is 28.3 Å². The van der Waals surface area contributed by atoms with E-state index in [0.717, 1.165) is 34.9 Å². The number of carbonyl (C=O) groups is 1. The highest BCUT2D eigenvalue weighted by Gasteiger charge is 2.45. The molecule has 3 aromatic carbocycles. The first-order valence-corrected chi connectivity index (χ1v) is 13.5. The molecule has 3 aromatic rings. The highest BCUT2D eigenvalue weighted by molar-refractivity contribution is 7.95. The van der Waals surface area contributed by atoms with Crippen molar-refractivity contribution in [3.63, 3.8) is 0 Å². The van der Waals surface area contributed by atoms with Gasteiger partial charge in [0.05, 0.1) is 11.1 Å². The molecule has 0 aliphatic rings. The summed E-state index contributed by atoms with van der Waals surface area (Å²) >= 11 is 0. The first kappa shape index (κ1) is 26.2. The van der Waals surface area contributed by atoms with Crippen molar-refractivity contribution in [2.45, 2.75) is 30.6 Å². The Kier molecular flexibility index (Phi) is 9.59. The lowest BCUT2D eigenvalue weighted by atomic mass is 10.2. The number of carboxylic acids is 1. The Morgan fingerprint density at radius 3 is 1.78 bits per heavy atom. The van der Waals surface area contributed by atoms with E-state index in [0.29, 0.717) is 6.42 Å². The Hall–Kier alpha value is -2.05. The van der Waals surface area contributed by atoms with E-state index in [9.17, 15) is 17.8 Å². The average Bonchev–Trinajstić information content (AvgIpc) is 2.77. The van der Waals surface area contributed by atoms with Gasteiger partial charge in [-0.15, -0.1) is 0 Å². The summed E-state index contributed by atoms with van der Waals surface area (Å²) in [5, 5.41) is 12.0. The summed E-state index contributed by atoms with van der Waals surface area (Å²) in [6.07, 6.45) is 3.09. The fraction of sp³-hybridized carbons (Fsp3) is 0.208. The van der Waals surface area contributed by atoms with Crippen LogP contribution in [0.5, 0.6) is 0 Å². The monoisotopic (exact) mass is 536 g/mol. The molecule has 0 bridgehead atoms. The van der Waals surface area contributed by atoms with Crippen molar-refractivity contribution in [1.82, 2.24) is 0 Å². The number of hydrogen-bond acceptors (Lipinski definition) is 3. The molecule has 170 valence electrons. The third kappa shape index (κ3) is 6.26. The molecule has 8 heteroatoms. The van der Waals surface area contributed by atoms with Crippen molar-refractivity contribution in [2.24, 2.45) is 0 Å². The van der Waals surface area contributed by atoms with Crippen molar-refractivity contribution >= 4 is 39.3 Å². The summed E-state index contributed by atoms with van der Waals surface area (Å²) in [7, 11) is -6.57. The van der Waals surface area contributed by atoms with Gasteiger partial charge in [-0.25, -0.2) is 0 Å². The van der Waals surface area contributed by atoms with Gasteiger partial charge in [-0.3, -0.25) is 9.35 Å². The molecule has 5 nitrogen and oxygen atoms in total. The maximum absolute atomic E-state index is 11.9. The Bertz CT molecular complexity index is 1080. The van der Waals surface area contributed by atoms with Crippen LogP contribution >= 0.6 is 7.26 Å². The Balaban J connectivity index is 0.00000363. The maximum atomic E-state index is 11.9. The lowest BCUT2D eigenvalue weighted by Gasteiger charge is -2.28. The van der Waals surface area contributed by atoms with E-state index in [4.69, 9.17) is 5.11 Å². The Morgan fingerprint density at radius 2 is 1.28 bits per heavy atom. The molecule has 0 heterocycles. The SMILES string of the molecule is O=C(O)CCCCC[P+](c1ccccc1)(c1ccccc1)c1cccc(S(=O)(=O)O)c1.[Br-]. The normalized spacial score (nSPS) is 11.5. The van der Waals surface area contributed by atoms with Crippen LogP contribution in [0.25, 0.3) is 0 Å². The second-order valence-electron chi connectivity index (χ2n) is 7.38. The predicted molar refractivity (Wildman–Crippen MR) is 126 cm³/mol. The molecular weight excluding hydrogens is 511 g/mol. The number of halogens is 1. The lowest BCUT2D eigenvalue weighted by Crippen LogP contribution is -3.00. The standard InChI is InChI=1S/C24H25O5PS.BrH/c25-24(26)17-8-3-9-18-30(20-11-4-1-5-12-20,21-13-6-2-7-14-21)22-15-10-16-23(19-22)31(27,28)29;/h1-2,4-7,10-16,19H,3,8-9,17-18H2,(H-,25,26,27,28,29);1H. The van der Waals surface area contributed by atoms with E-state index in [1.165, 1.54) is 6.07 Å². The largest absolute Gasteiger partial charge is 1.00 e. The fourth-order valence-corrected chi connectivity index (χ4v) is 8.93. The van der Waals surface area contributed by atoms with Gasteiger partial charge in [-0.2, -0.15) is 8.42 Å². The molecule has 0 fully saturated rings. The summed E-state index contributed by atoms with van der Waals surface area (Å²) in [5.74, 6) is -0.798. The molecule has 0 aliphatic carbocycles. The van der Waals surface area contributed by atoms with Gasteiger partial charge in [0.15, 0.2) is 0 Å².